The van der Waals surface area contributed by atoms with Gasteiger partial charge in [0.15, 0.2) is 0 Å². The zero-order valence-corrected chi connectivity index (χ0v) is 12.5. The van der Waals surface area contributed by atoms with Crippen molar-refractivity contribution in [3.8, 4) is 6.07 Å². The van der Waals surface area contributed by atoms with E-state index in [4.69, 9.17) is 10.4 Å². The van der Waals surface area contributed by atoms with Gasteiger partial charge in [0.05, 0.1) is 12.5 Å². The van der Waals surface area contributed by atoms with Gasteiger partial charge in [-0.05, 0) is 41.8 Å². The quantitative estimate of drug-likeness (QED) is 0.858. The van der Waals surface area contributed by atoms with E-state index >= 15 is 0 Å². The molecule has 5 nitrogen and oxygen atoms in total. The molecule has 116 valence electrons. The van der Waals surface area contributed by atoms with Gasteiger partial charge in [-0.15, -0.1) is 0 Å². The second-order valence-electron chi connectivity index (χ2n) is 5.08. The lowest BCUT2D eigenvalue weighted by Crippen LogP contribution is -2.12. The average molecular weight is 308 g/mol. The molecule has 0 aliphatic carbocycles. The van der Waals surface area contributed by atoms with E-state index in [1.807, 2.05) is 6.07 Å². The molecule has 1 amide bonds. The molecule has 2 rings (SSSR count). The molecule has 0 atom stereocenters. The largest absolute Gasteiger partial charge is 0.481 e. The normalized spacial score (nSPS) is 9.87. The first kappa shape index (κ1) is 16.2. The molecule has 0 saturated carbocycles. The first-order valence-electron chi connectivity index (χ1n) is 7.16. The lowest BCUT2D eigenvalue weighted by molar-refractivity contribution is -0.136. The Kier molecular flexibility index (Phi) is 5.48. The van der Waals surface area contributed by atoms with Gasteiger partial charge in [0.25, 0.3) is 5.91 Å². The molecule has 0 bridgehead atoms. The lowest BCUT2D eigenvalue weighted by atomic mass is 10.1. The Morgan fingerprint density at radius 3 is 2.48 bits per heavy atom. The number of carbonyl (C=O) groups is 2. The first-order chi connectivity index (χ1) is 11.1. The fourth-order valence-electron chi connectivity index (χ4n) is 2.12. The first-order valence-corrected chi connectivity index (χ1v) is 7.16. The minimum Gasteiger partial charge on any atom is -0.481 e. The van der Waals surface area contributed by atoms with Crippen molar-refractivity contribution in [2.45, 2.75) is 19.3 Å². The molecule has 0 aliphatic heterocycles. The Morgan fingerprint density at radius 2 is 1.83 bits per heavy atom. The molecular weight excluding hydrogens is 292 g/mol. The van der Waals surface area contributed by atoms with E-state index < -0.39 is 5.97 Å². The highest BCUT2D eigenvalue weighted by Crippen LogP contribution is 2.14. The molecule has 0 heterocycles. The van der Waals surface area contributed by atoms with Gasteiger partial charge in [0, 0.05) is 17.7 Å². The van der Waals surface area contributed by atoms with Gasteiger partial charge < -0.3 is 10.4 Å². The number of benzene rings is 2. The molecule has 23 heavy (non-hydrogen) atoms. The predicted octanol–water partition coefficient (Wildman–Crippen LogP) is 3.02. The molecule has 0 aliphatic rings. The zero-order valence-electron chi connectivity index (χ0n) is 12.5. The summed E-state index contributed by atoms with van der Waals surface area (Å²) in [6, 6.07) is 16.0. The lowest BCUT2D eigenvalue weighted by Gasteiger charge is -2.07. The number of nitriles is 1. The van der Waals surface area contributed by atoms with Gasteiger partial charge in [-0.3, -0.25) is 9.59 Å². The molecule has 0 fully saturated rings. The number of hydrogen-bond donors (Lipinski definition) is 2. The number of amides is 1. The number of aryl methyl sites for hydroxylation is 1. The van der Waals surface area contributed by atoms with E-state index in [-0.39, 0.29) is 12.3 Å². The van der Waals surface area contributed by atoms with Crippen LogP contribution in [-0.2, 0) is 17.6 Å². The monoisotopic (exact) mass is 308 g/mol. The van der Waals surface area contributed by atoms with Crippen LogP contribution >= 0.6 is 0 Å². The molecule has 0 saturated heterocycles. The Morgan fingerprint density at radius 1 is 1.09 bits per heavy atom. The standard InChI is InChI=1S/C18H16N2O3/c19-11-10-13-4-7-15(8-5-13)18(23)20-16-3-1-2-14(12-16)6-9-17(21)22/h1-5,7-8,12H,6,9-10H2,(H,20,23)(H,21,22). The summed E-state index contributed by atoms with van der Waals surface area (Å²) in [7, 11) is 0. The number of aliphatic carboxylic acids is 1. The highest BCUT2D eigenvalue weighted by atomic mass is 16.4. The minimum atomic E-state index is -0.850. The van der Waals surface area contributed by atoms with E-state index in [1.165, 1.54) is 0 Å². The van der Waals surface area contributed by atoms with E-state index in [2.05, 4.69) is 11.4 Å². The van der Waals surface area contributed by atoms with Crippen molar-refractivity contribution in [1.29, 1.82) is 5.26 Å². The molecular formula is C18H16N2O3. The van der Waals surface area contributed by atoms with Gasteiger partial charge in [0.1, 0.15) is 0 Å². The number of nitrogens with one attached hydrogen (secondary N) is 1. The number of carboxylic acid groups (broad SMARTS) is 1. The van der Waals surface area contributed by atoms with Crippen LogP contribution in [0.2, 0.25) is 0 Å². The maximum atomic E-state index is 12.2. The Hall–Kier alpha value is -3.13. The summed E-state index contributed by atoms with van der Waals surface area (Å²) in [6.07, 6.45) is 0.785. The molecule has 0 radical (unpaired) electrons. The maximum absolute atomic E-state index is 12.2. The summed E-state index contributed by atoms with van der Waals surface area (Å²) in [4.78, 5) is 22.8. The number of carbonyl (C=O) groups excluding carboxylic acids is 1. The summed E-state index contributed by atoms with van der Waals surface area (Å²) >= 11 is 0. The molecule has 5 heteroatoms. The van der Waals surface area contributed by atoms with Crippen LogP contribution in [-0.4, -0.2) is 17.0 Å². The average Bonchev–Trinajstić information content (AvgIpc) is 2.54. The van der Waals surface area contributed by atoms with Gasteiger partial charge >= 0.3 is 5.97 Å². The number of carboxylic acids is 1. The van der Waals surface area contributed by atoms with Crippen molar-refractivity contribution in [1.82, 2.24) is 0 Å². The van der Waals surface area contributed by atoms with Crippen molar-refractivity contribution in [2.75, 3.05) is 5.32 Å². The zero-order chi connectivity index (χ0) is 16.7. The Balaban J connectivity index is 2.03. The van der Waals surface area contributed by atoms with Crippen molar-refractivity contribution >= 4 is 17.6 Å². The van der Waals surface area contributed by atoms with Crippen molar-refractivity contribution < 1.29 is 14.7 Å². The SMILES string of the molecule is N#CCc1ccc(C(=O)Nc2cccc(CCC(=O)O)c2)cc1. The van der Waals surface area contributed by atoms with Crippen LogP contribution in [0.25, 0.3) is 0 Å². The number of rotatable bonds is 6. The van der Waals surface area contributed by atoms with Crippen LogP contribution in [0.1, 0.15) is 27.9 Å². The van der Waals surface area contributed by atoms with Gasteiger partial charge in [0.2, 0.25) is 0 Å². The molecule has 0 unspecified atom stereocenters. The van der Waals surface area contributed by atoms with Crippen LogP contribution in [0.15, 0.2) is 48.5 Å². The second-order valence-corrected chi connectivity index (χ2v) is 5.08. The molecule has 2 aromatic carbocycles. The maximum Gasteiger partial charge on any atom is 0.303 e. The van der Waals surface area contributed by atoms with E-state index in [9.17, 15) is 9.59 Å². The predicted molar refractivity (Wildman–Crippen MR) is 86.1 cm³/mol. The third kappa shape index (κ3) is 4.97. The van der Waals surface area contributed by atoms with Crippen LogP contribution in [0.4, 0.5) is 5.69 Å². The smallest absolute Gasteiger partial charge is 0.303 e. The highest BCUT2D eigenvalue weighted by molar-refractivity contribution is 6.04. The minimum absolute atomic E-state index is 0.0533. The molecule has 2 N–H and O–H groups in total. The van der Waals surface area contributed by atoms with E-state index in [0.29, 0.717) is 24.1 Å². The van der Waals surface area contributed by atoms with Crippen molar-refractivity contribution in [2.24, 2.45) is 0 Å². The van der Waals surface area contributed by atoms with Crippen molar-refractivity contribution in [3.05, 3.63) is 65.2 Å². The fraction of sp³-hybridized carbons (Fsp3) is 0.167. The molecule has 2 aromatic rings. The molecule has 0 spiro atoms. The summed E-state index contributed by atoms with van der Waals surface area (Å²) in [5.41, 5.74) is 2.84. The van der Waals surface area contributed by atoms with Gasteiger partial charge in [-0.25, -0.2) is 0 Å². The third-order valence-corrected chi connectivity index (χ3v) is 3.31. The number of nitrogens with zero attached hydrogens (tertiary/aromatic N) is 1. The number of hydrogen-bond acceptors (Lipinski definition) is 3. The van der Waals surface area contributed by atoms with Crippen LogP contribution in [0, 0.1) is 11.3 Å². The van der Waals surface area contributed by atoms with Crippen LogP contribution in [0.3, 0.4) is 0 Å². The number of anilines is 1. The molecule has 0 aromatic heterocycles. The summed E-state index contributed by atoms with van der Waals surface area (Å²) in [5, 5.41) is 20.1. The van der Waals surface area contributed by atoms with Gasteiger partial charge in [-0.1, -0.05) is 24.3 Å². The van der Waals surface area contributed by atoms with Crippen LogP contribution in [0.5, 0.6) is 0 Å². The second kappa shape index (κ2) is 7.76. The van der Waals surface area contributed by atoms with Gasteiger partial charge in [-0.2, -0.15) is 5.26 Å². The van der Waals surface area contributed by atoms with Crippen LogP contribution < -0.4 is 5.32 Å². The highest BCUT2D eigenvalue weighted by Gasteiger charge is 2.07. The summed E-state index contributed by atoms with van der Waals surface area (Å²) < 4.78 is 0. The summed E-state index contributed by atoms with van der Waals surface area (Å²) in [6.45, 7) is 0. The topological polar surface area (TPSA) is 90.2 Å². The Labute approximate surface area is 134 Å². The third-order valence-electron chi connectivity index (χ3n) is 3.31. The fourth-order valence-corrected chi connectivity index (χ4v) is 2.12. The van der Waals surface area contributed by atoms with E-state index in [1.54, 1.807) is 42.5 Å². The van der Waals surface area contributed by atoms with E-state index in [0.717, 1.165) is 11.1 Å². The summed E-state index contributed by atoms with van der Waals surface area (Å²) in [5.74, 6) is -1.10. The van der Waals surface area contributed by atoms with Crippen molar-refractivity contribution in [3.63, 3.8) is 0 Å². The Bertz CT molecular complexity index is 746.